The Morgan fingerprint density at radius 1 is 1.16 bits per heavy atom. The van der Waals surface area contributed by atoms with E-state index in [0.717, 1.165) is 17.6 Å². The highest BCUT2D eigenvalue weighted by Gasteiger charge is 2.31. The summed E-state index contributed by atoms with van der Waals surface area (Å²) in [5.74, 6) is 1.83. The number of nitrogens with zero attached hydrogens (tertiary/aromatic N) is 4. The molecule has 1 N–H and O–H groups in total. The van der Waals surface area contributed by atoms with Gasteiger partial charge in [0.25, 0.3) is 0 Å². The highest BCUT2D eigenvalue weighted by Crippen LogP contribution is 2.27. The van der Waals surface area contributed by atoms with E-state index in [-0.39, 0.29) is 12.1 Å². The van der Waals surface area contributed by atoms with Crippen LogP contribution in [0.2, 0.25) is 5.02 Å². The number of ether oxygens (including phenoxy) is 2. The number of rotatable bonds is 6. The molecule has 0 saturated carbocycles. The van der Waals surface area contributed by atoms with Crippen molar-refractivity contribution in [1.82, 2.24) is 20.3 Å². The number of aldehydes is 1. The Kier molecular flexibility index (Phi) is 7.75. The Morgan fingerprint density at radius 3 is 2.65 bits per heavy atom. The number of carbonyl (C=O) groups is 1. The molecule has 1 aromatic heterocycles. The summed E-state index contributed by atoms with van der Waals surface area (Å²) in [6.45, 7) is 3.28. The summed E-state index contributed by atoms with van der Waals surface area (Å²) in [6.07, 6.45) is 2.21. The molecule has 2 heterocycles. The lowest BCUT2D eigenvalue weighted by Crippen LogP contribution is -2.54. The van der Waals surface area contributed by atoms with Gasteiger partial charge in [-0.25, -0.2) is 4.98 Å². The third kappa shape index (κ3) is 6.13. The Labute approximate surface area is 186 Å². The van der Waals surface area contributed by atoms with Gasteiger partial charge in [-0.1, -0.05) is 23.7 Å². The predicted octanol–water partition coefficient (Wildman–Crippen LogP) is 3.54. The van der Waals surface area contributed by atoms with E-state index < -0.39 is 0 Å². The monoisotopic (exact) mass is 441 g/mol. The van der Waals surface area contributed by atoms with Crippen molar-refractivity contribution in [3.63, 3.8) is 0 Å². The van der Waals surface area contributed by atoms with E-state index in [9.17, 15) is 4.79 Å². The molecule has 4 rings (SSSR count). The number of anilines is 1. The van der Waals surface area contributed by atoms with Crippen molar-refractivity contribution in [2.75, 3.05) is 32.1 Å². The third-order valence-corrected chi connectivity index (χ3v) is 4.54. The summed E-state index contributed by atoms with van der Waals surface area (Å²) < 4.78 is 11.6. The maximum Gasteiger partial charge on any atom is 0.326 e. The minimum Gasteiger partial charge on any atom is -0.486 e. The van der Waals surface area contributed by atoms with Gasteiger partial charge < -0.3 is 19.7 Å². The Hall–Kier alpha value is -3.23. The summed E-state index contributed by atoms with van der Waals surface area (Å²) in [6, 6.07) is 12.5. The first-order valence-electron chi connectivity index (χ1n) is 9.70. The normalized spacial score (nSPS) is 13.0. The Balaban J connectivity index is 0.000000858. The standard InChI is InChI=1S/C20H17ClN4O3.C2H7N/c1-13-7-15(21)5-6-18(13)27-17-9-25(10-17)19-22-12-23-20(24-19)28-16-4-2-3-14(8-16)11-26;1-3-2/h2-8,11-12,17H,9-10H2,1H3;3H,1-2H3. The quantitative estimate of drug-likeness (QED) is 0.581. The van der Waals surface area contributed by atoms with E-state index in [1.165, 1.54) is 6.33 Å². The predicted molar refractivity (Wildman–Crippen MR) is 120 cm³/mol. The van der Waals surface area contributed by atoms with Crippen LogP contribution in [0.5, 0.6) is 17.5 Å². The molecule has 0 radical (unpaired) electrons. The molecule has 2 aromatic carbocycles. The fraction of sp³-hybridized carbons (Fsp3) is 0.273. The van der Waals surface area contributed by atoms with Crippen LogP contribution in [0.15, 0.2) is 48.8 Å². The van der Waals surface area contributed by atoms with E-state index in [1.54, 1.807) is 24.3 Å². The maximum absolute atomic E-state index is 10.9. The zero-order valence-corrected chi connectivity index (χ0v) is 18.3. The van der Waals surface area contributed by atoms with Crippen LogP contribution in [-0.2, 0) is 0 Å². The number of hydrogen-bond acceptors (Lipinski definition) is 8. The van der Waals surface area contributed by atoms with Gasteiger partial charge in [-0.05, 0) is 56.9 Å². The summed E-state index contributed by atoms with van der Waals surface area (Å²) in [5.41, 5.74) is 1.52. The van der Waals surface area contributed by atoms with Crippen molar-refractivity contribution in [2.24, 2.45) is 0 Å². The lowest BCUT2D eigenvalue weighted by Gasteiger charge is -2.39. The zero-order valence-electron chi connectivity index (χ0n) is 17.6. The first-order chi connectivity index (χ1) is 15.0. The number of aromatic nitrogens is 3. The topological polar surface area (TPSA) is 89.5 Å². The number of hydrogen-bond donors (Lipinski definition) is 1. The molecule has 3 aromatic rings. The van der Waals surface area contributed by atoms with Gasteiger partial charge in [0.15, 0.2) is 0 Å². The Morgan fingerprint density at radius 2 is 1.94 bits per heavy atom. The fourth-order valence-corrected chi connectivity index (χ4v) is 3.06. The van der Waals surface area contributed by atoms with Crippen LogP contribution >= 0.6 is 11.6 Å². The summed E-state index contributed by atoms with van der Waals surface area (Å²) in [5, 5.41) is 3.44. The van der Waals surface area contributed by atoms with Crippen LogP contribution in [-0.4, -0.2) is 54.5 Å². The van der Waals surface area contributed by atoms with Crippen LogP contribution in [0.4, 0.5) is 5.95 Å². The first-order valence-corrected chi connectivity index (χ1v) is 10.1. The van der Waals surface area contributed by atoms with Crippen LogP contribution in [0.3, 0.4) is 0 Å². The molecule has 0 amide bonds. The molecule has 9 heteroatoms. The average molecular weight is 442 g/mol. The second-order valence-corrected chi connectivity index (χ2v) is 7.35. The van der Waals surface area contributed by atoms with Crippen molar-refractivity contribution < 1.29 is 14.3 Å². The van der Waals surface area contributed by atoms with Crippen LogP contribution in [0, 0.1) is 6.92 Å². The molecular weight excluding hydrogens is 418 g/mol. The molecule has 8 nitrogen and oxygen atoms in total. The lowest BCUT2D eigenvalue weighted by molar-refractivity contribution is 0.112. The molecule has 1 saturated heterocycles. The number of nitrogens with one attached hydrogen (secondary N) is 1. The van der Waals surface area contributed by atoms with E-state index in [4.69, 9.17) is 21.1 Å². The SMILES string of the molecule is CNC.Cc1cc(Cl)ccc1OC1CN(c2ncnc(Oc3cccc(C=O)c3)n2)C1. The third-order valence-electron chi connectivity index (χ3n) is 4.30. The van der Waals surface area contributed by atoms with E-state index >= 15 is 0 Å². The molecule has 1 aliphatic rings. The minimum absolute atomic E-state index is 0.0466. The van der Waals surface area contributed by atoms with Crippen LogP contribution < -0.4 is 19.7 Å². The largest absolute Gasteiger partial charge is 0.486 e. The van der Waals surface area contributed by atoms with Gasteiger partial charge in [0, 0.05) is 10.6 Å². The van der Waals surface area contributed by atoms with Gasteiger partial charge >= 0.3 is 6.01 Å². The van der Waals surface area contributed by atoms with Crippen molar-refractivity contribution in [3.8, 4) is 17.5 Å². The highest BCUT2D eigenvalue weighted by atomic mass is 35.5. The van der Waals surface area contributed by atoms with E-state index in [1.807, 2.05) is 44.1 Å². The molecule has 31 heavy (non-hydrogen) atoms. The van der Waals surface area contributed by atoms with Gasteiger partial charge in [0.1, 0.15) is 30.2 Å². The lowest BCUT2D eigenvalue weighted by atomic mass is 10.1. The van der Waals surface area contributed by atoms with Gasteiger partial charge in [-0.15, -0.1) is 0 Å². The number of benzene rings is 2. The van der Waals surface area contributed by atoms with Crippen molar-refractivity contribution in [2.45, 2.75) is 13.0 Å². The van der Waals surface area contributed by atoms with Gasteiger partial charge in [-0.2, -0.15) is 9.97 Å². The molecule has 1 aliphatic heterocycles. The van der Waals surface area contributed by atoms with Gasteiger partial charge in [0.05, 0.1) is 13.1 Å². The summed E-state index contributed by atoms with van der Waals surface area (Å²) in [7, 11) is 3.75. The van der Waals surface area contributed by atoms with Crippen LogP contribution in [0.25, 0.3) is 0 Å². The molecule has 0 spiro atoms. The molecule has 0 bridgehead atoms. The first kappa shape index (κ1) is 22.5. The van der Waals surface area contributed by atoms with Crippen molar-refractivity contribution in [1.29, 1.82) is 0 Å². The molecular formula is C22H24ClN5O3. The van der Waals surface area contributed by atoms with E-state index in [0.29, 0.717) is 35.4 Å². The van der Waals surface area contributed by atoms with Gasteiger partial charge in [-0.3, -0.25) is 4.79 Å². The highest BCUT2D eigenvalue weighted by molar-refractivity contribution is 6.30. The number of aryl methyl sites for hydroxylation is 1. The molecule has 0 unspecified atom stereocenters. The van der Waals surface area contributed by atoms with Crippen molar-refractivity contribution >= 4 is 23.8 Å². The Bertz CT molecular complexity index is 1030. The smallest absolute Gasteiger partial charge is 0.326 e. The van der Waals surface area contributed by atoms with E-state index in [2.05, 4.69) is 20.3 Å². The van der Waals surface area contributed by atoms with Crippen LogP contribution in [0.1, 0.15) is 15.9 Å². The second kappa shape index (κ2) is 10.7. The molecule has 0 aliphatic carbocycles. The molecule has 0 atom stereocenters. The second-order valence-electron chi connectivity index (χ2n) is 6.92. The average Bonchev–Trinajstić information content (AvgIpc) is 2.72. The number of halogens is 1. The fourth-order valence-electron chi connectivity index (χ4n) is 2.83. The summed E-state index contributed by atoms with van der Waals surface area (Å²) >= 11 is 5.98. The number of carbonyl (C=O) groups excluding carboxylic acids is 1. The zero-order chi connectivity index (χ0) is 22.2. The minimum atomic E-state index is 0.0466. The maximum atomic E-state index is 10.9. The summed E-state index contributed by atoms with van der Waals surface area (Å²) in [4.78, 5) is 25.4. The molecule has 162 valence electrons. The molecule has 1 fully saturated rings. The van der Waals surface area contributed by atoms with Crippen molar-refractivity contribution in [3.05, 3.63) is 64.9 Å². The van der Waals surface area contributed by atoms with Gasteiger partial charge in [0.2, 0.25) is 5.95 Å².